The van der Waals surface area contributed by atoms with E-state index in [0.717, 1.165) is 11.8 Å². The average Bonchev–Trinajstić information content (AvgIpc) is 2.13. The van der Waals surface area contributed by atoms with Gasteiger partial charge in [0.25, 0.3) is 0 Å². The van der Waals surface area contributed by atoms with Crippen LogP contribution in [0, 0.1) is 5.92 Å². The van der Waals surface area contributed by atoms with Crippen LogP contribution in [0.2, 0.25) is 0 Å². The summed E-state index contributed by atoms with van der Waals surface area (Å²) in [6.45, 7) is 4.14. The van der Waals surface area contributed by atoms with Crippen LogP contribution in [0.5, 0.6) is 0 Å². The fourth-order valence-electron chi connectivity index (χ4n) is 1.58. The second-order valence-corrected chi connectivity index (χ2v) is 3.34. The van der Waals surface area contributed by atoms with E-state index in [2.05, 4.69) is 11.9 Å². The first-order valence-corrected chi connectivity index (χ1v) is 3.98. The lowest BCUT2D eigenvalue weighted by molar-refractivity contribution is 0.594. The number of nitrogens with zero attached hydrogens (tertiary/aromatic N) is 1. The van der Waals surface area contributed by atoms with Crippen LogP contribution in [0.3, 0.4) is 0 Å². The highest BCUT2D eigenvalue weighted by atomic mass is 14.9. The molecule has 0 saturated heterocycles. The lowest BCUT2D eigenvalue weighted by atomic mass is 10.1. The van der Waals surface area contributed by atoms with Crippen molar-refractivity contribution in [1.82, 2.24) is 0 Å². The van der Waals surface area contributed by atoms with E-state index in [1.54, 1.807) is 0 Å². The molecule has 1 rings (SSSR count). The second kappa shape index (κ2) is 3.04. The highest BCUT2D eigenvalue weighted by molar-refractivity contribution is 5.77. The van der Waals surface area contributed by atoms with E-state index >= 15 is 0 Å². The summed E-state index contributed by atoms with van der Waals surface area (Å²) in [4.78, 5) is 4.32. The normalized spacial score (nSPS) is 34.8. The van der Waals surface area contributed by atoms with Crippen molar-refractivity contribution in [1.29, 1.82) is 0 Å². The summed E-state index contributed by atoms with van der Waals surface area (Å²) in [5.41, 5.74) is 5.47. The summed E-state index contributed by atoms with van der Waals surface area (Å²) in [6, 6.07) is 0.528. The summed E-state index contributed by atoms with van der Waals surface area (Å²) in [7, 11) is 0. The first-order chi connectivity index (χ1) is 4.68. The fraction of sp³-hybridized carbons (Fsp3) is 0.875. The highest BCUT2D eigenvalue weighted by Gasteiger charge is 2.19. The van der Waals surface area contributed by atoms with E-state index in [4.69, 9.17) is 5.73 Å². The minimum absolute atomic E-state index is 0.528. The van der Waals surface area contributed by atoms with Gasteiger partial charge in [-0.25, -0.2) is 0 Å². The third-order valence-corrected chi connectivity index (χ3v) is 2.05. The van der Waals surface area contributed by atoms with Gasteiger partial charge in [0, 0.05) is 0 Å². The summed E-state index contributed by atoms with van der Waals surface area (Å²) in [5, 5.41) is 0. The van der Waals surface area contributed by atoms with Crippen molar-refractivity contribution in [2.75, 3.05) is 0 Å². The molecule has 2 N–H and O–H groups in total. The van der Waals surface area contributed by atoms with E-state index in [1.807, 2.05) is 6.92 Å². The molecule has 0 amide bonds. The van der Waals surface area contributed by atoms with Gasteiger partial charge in [-0.1, -0.05) is 6.92 Å². The Balaban J connectivity index is 2.38. The number of aliphatic imine (C=N–C) groups is 1. The smallest absolute Gasteiger partial charge is 0.0909 e. The maximum atomic E-state index is 5.47. The zero-order valence-electron chi connectivity index (χ0n) is 6.80. The lowest BCUT2D eigenvalue weighted by Gasteiger charge is -2.02. The third kappa shape index (κ3) is 2.01. The molecule has 1 aliphatic carbocycles. The molecule has 0 aromatic carbocycles. The summed E-state index contributed by atoms with van der Waals surface area (Å²) < 4.78 is 0. The quantitative estimate of drug-likeness (QED) is 0.435. The lowest BCUT2D eigenvalue weighted by Crippen LogP contribution is -2.10. The molecule has 1 fully saturated rings. The van der Waals surface area contributed by atoms with E-state index < -0.39 is 0 Å². The first-order valence-electron chi connectivity index (χ1n) is 3.98. The minimum atomic E-state index is 0.528. The number of amidine groups is 1. The molecule has 1 aliphatic rings. The molecule has 0 aliphatic heterocycles. The van der Waals surface area contributed by atoms with Crippen molar-refractivity contribution in [2.24, 2.45) is 16.6 Å². The molecule has 1 saturated carbocycles. The van der Waals surface area contributed by atoms with Crippen molar-refractivity contribution in [3.63, 3.8) is 0 Å². The Morgan fingerprint density at radius 3 is 2.60 bits per heavy atom. The maximum absolute atomic E-state index is 5.47. The van der Waals surface area contributed by atoms with Gasteiger partial charge < -0.3 is 5.73 Å². The Bertz CT molecular complexity index is 136. The molecule has 0 radical (unpaired) electrons. The third-order valence-electron chi connectivity index (χ3n) is 2.05. The molecule has 2 nitrogen and oxygen atoms in total. The van der Waals surface area contributed by atoms with E-state index in [-0.39, 0.29) is 0 Å². The first kappa shape index (κ1) is 7.58. The largest absolute Gasteiger partial charge is 0.388 e. The standard InChI is InChI=1S/C8H16N2/c1-6-3-4-8(5-6)10-7(2)9/h6,8H,3-5H2,1-2H3,(H2,9,10). The molecule has 2 unspecified atom stereocenters. The van der Waals surface area contributed by atoms with Crippen molar-refractivity contribution >= 4 is 5.84 Å². The monoisotopic (exact) mass is 140 g/mol. The van der Waals surface area contributed by atoms with Crippen molar-refractivity contribution in [3.8, 4) is 0 Å². The number of hydrogen-bond donors (Lipinski definition) is 1. The van der Waals surface area contributed by atoms with E-state index in [9.17, 15) is 0 Å². The highest BCUT2D eigenvalue weighted by Crippen LogP contribution is 2.26. The number of rotatable bonds is 1. The Morgan fingerprint density at radius 1 is 1.50 bits per heavy atom. The zero-order chi connectivity index (χ0) is 7.56. The Morgan fingerprint density at radius 2 is 2.20 bits per heavy atom. The Kier molecular flexibility index (Phi) is 2.30. The molecular formula is C8H16N2. The summed E-state index contributed by atoms with van der Waals surface area (Å²) in [6.07, 6.45) is 3.78. The van der Waals surface area contributed by atoms with Gasteiger partial charge in [-0.2, -0.15) is 0 Å². The molecular weight excluding hydrogens is 124 g/mol. The van der Waals surface area contributed by atoms with Gasteiger partial charge in [0.15, 0.2) is 0 Å². The summed E-state index contributed by atoms with van der Waals surface area (Å²) in [5.74, 6) is 1.59. The van der Waals surface area contributed by atoms with E-state index in [1.165, 1.54) is 19.3 Å². The molecule has 0 aromatic heterocycles. The number of nitrogens with two attached hydrogens (primary N) is 1. The van der Waals surface area contributed by atoms with Gasteiger partial charge in [-0.15, -0.1) is 0 Å². The van der Waals surface area contributed by atoms with Gasteiger partial charge in [-0.3, -0.25) is 4.99 Å². The Labute approximate surface area is 62.5 Å². The average molecular weight is 140 g/mol. The zero-order valence-corrected chi connectivity index (χ0v) is 6.80. The van der Waals surface area contributed by atoms with Crippen molar-refractivity contribution in [2.45, 2.75) is 39.2 Å². The molecule has 2 atom stereocenters. The van der Waals surface area contributed by atoms with Gasteiger partial charge in [0.1, 0.15) is 0 Å². The van der Waals surface area contributed by atoms with Gasteiger partial charge in [0.2, 0.25) is 0 Å². The summed E-state index contributed by atoms with van der Waals surface area (Å²) >= 11 is 0. The van der Waals surface area contributed by atoms with Crippen molar-refractivity contribution < 1.29 is 0 Å². The molecule has 58 valence electrons. The van der Waals surface area contributed by atoms with Crippen LogP contribution in [0.1, 0.15) is 33.1 Å². The SMILES string of the molecule is CC(N)=NC1CCC(C)C1. The van der Waals surface area contributed by atoms with Crippen LogP contribution >= 0.6 is 0 Å². The molecule has 2 heteroatoms. The molecule has 10 heavy (non-hydrogen) atoms. The second-order valence-electron chi connectivity index (χ2n) is 3.34. The predicted octanol–water partition coefficient (Wildman–Crippen LogP) is 1.55. The number of hydrogen-bond acceptors (Lipinski definition) is 1. The predicted molar refractivity (Wildman–Crippen MR) is 44.1 cm³/mol. The molecule has 0 spiro atoms. The van der Waals surface area contributed by atoms with Gasteiger partial charge in [0.05, 0.1) is 11.9 Å². The minimum Gasteiger partial charge on any atom is -0.388 e. The molecule has 0 aromatic rings. The van der Waals surface area contributed by atoms with Crippen LogP contribution in [0.25, 0.3) is 0 Å². The molecule has 0 bridgehead atoms. The van der Waals surface area contributed by atoms with Crippen LogP contribution < -0.4 is 5.73 Å². The van der Waals surface area contributed by atoms with E-state index in [0.29, 0.717) is 6.04 Å². The van der Waals surface area contributed by atoms with Gasteiger partial charge >= 0.3 is 0 Å². The van der Waals surface area contributed by atoms with Gasteiger partial charge in [-0.05, 0) is 32.1 Å². The fourth-order valence-corrected chi connectivity index (χ4v) is 1.58. The maximum Gasteiger partial charge on any atom is 0.0909 e. The van der Waals surface area contributed by atoms with Crippen LogP contribution in [-0.4, -0.2) is 11.9 Å². The molecule has 0 heterocycles. The van der Waals surface area contributed by atoms with Crippen LogP contribution in [0.15, 0.2) is 4.99 Å². The van der Waals surface area contributed by atoms with Crippen LogP contribution in [0.4, 0.5) is 0 Å². The Hall–Kier alpha value is -0.530. The topological polar surface area (TPSA) is 38.4 Å². The van der Waals surface area contributed by atoms with Crippen molar-refractivity contribution in [3.05, 3.63) is 0 Å². The van der Waals surface area contributed by atoms with Crippen LogP contribution in [-0.2, 0) is 0 Å².